The predicted octanol–water partition coefficient (Wildman–Crippen LogP) is 8.64. The Morgan fingerprint density at radius 2 is 1.56 bits per heavy atom. The van der Waals surface area contributed by atoms with E-state index in [2.05, 4.69) is 118 Å². The van der Waals surface area contributed by atoms with Gasteiger partial charge in [-0.1, -0.05) is 127 Å². The summed E-state index contributed by atoms with van der Waals surface area (Å²) in [7, 11) is 2.46. The Balaban J connectivity index is 1.21. The molecule has 2 nitrogen and oxygen atoms in total. The Morgan fingerprint density at radius 1 is 0.791 bits per heavy atom. The van der Waals surface area contributed by atoms with Gasteiger partial charge in [0.25, 0.3) is 0 Å². The van der Waals surface area contributed by atoms with Gasteiger partial charge in [0.1, 0.15) is 5.58 Å². The maximum Gasteiger partial charge on any atom is 0.206 e. The number of nitrogens with one attached hydrogen (secondary N) is 1. The first-order valence-electron chi connectivity index (χ1n) is 15.4. The summed E-state index contributed by atoms with van der Waals surface area (Å²) in [4.78, 5) is 3.69. The van der Waals surface area contributed by atoms with E-state index < -0.39 is 0 Å². The topological polar surface area (TPSA) is 28.9 Å². The molecule has 2 aliphatic carbocycles. The van der Waals surface area contributed by atoms with Gasteiger partial charge in [-0.15, -0.1) is 0 Å². The van der Waals surface area contributed by atoms with Crippen LogP contribution in [0, 0.1) is 6.92 Å². The first kappa shape index (κ1) is 23.8. The van der Waals surface area contributed by atoms with Gasteiger partial charge in [-0.05, 0) is 58.4 Å². The number of fused-ring (bicyclic) bond motifs is 10. The largest absolute Gasteiger partial charge is 0.440 e. The maximum absolute atomic E-state index is 6.28. The second-order valence-corrected chi connectivity index (χ2v) is 13.2. The van der Waals surface area contributed by atoms with E-state index in [1.54, 1.807) is 5.57 Å². The van der Waals surface area contributed by atoms with Gasteiger partial charge in [0.05, 0.1) is 10.9 Å². The van der Waals surface area contributed by atoms with Gasteiger partial charge in [0.15, 0.2) is 7.28 Å². The second-order valence-electron chi connectivity index (χ2n) is 13.2. The Labute approximate surface area is 251 Å². The minimum absolute atomic E-state index is 0.0142. The van der Waals surface area contributed by atoms with Crippen molar-refractivity contribution in [2.45, 2.75) is 38.5 Å². The lowest BCUT2D eigenvalue weighted by molar-refractivity contribution is 0.586. The van der Waals surface area contributed by atoms with Crippen LogP contribution in [0.1, 0.15) is 59.6 Å². The number of furan rings is 1. The van der Waals surface area contributed by atoms with Gasteiger partial charge >= 0.3 is 0 Å². The molecule has 5 aromatic carbocycles. The third-order valence-electron chi connectivity index (χ3n) is 10.6. The normalized spacial score (nSPS) is 17.6. The molecule has 0 spiro atoms. The third kappa shape index (κ3) is 2.95. The summed E-state index contributed by atoms with van der Waals surface area (Å²) in [6.45, 7) is 7.10. The third-order valence-corrected chi connectivity index (χ3v) is 10.6. The van der Waals surface area contributed by atoms with Gasteiger partial charge in [0, 0.05) is 27.7 Å². The fourth-order valence-corrected chi connectivity index (χ4v) is 8.72. The molecule has 0 saturated carbocycles. The first-order chi connectivity index (χ1) is 21.0. The number of benzene rings is 5. The van der Waals surface area contributed by atoms with Gasteiger partial charge in [-0.3, -0.25) is 0 Å². The molecule has 2 aromatic heterocycles. The van der Waals surface area contributed by atoms with E-state index in [4.69, 9.17) is 4.42 Å². The zero-order valence-corrected chi connectivity index (χ0v) is 24.5. The molecule has 203 valence electrons. The fraction of sp³-hybridized carbons (Fsp3) is 0.150. The fourth-order valence-electron chi connectivity index (χ4n) is 8.72. The molecule has 10 rings (SSSR count). The lowest BCUT2D eigenvalue weighted by Crippen LogP contribution is -2.42. The molecular formula is C40H29BNO. The summed E-state index contributed by atoms with van der Waals surface area (Å²) >= 11 is 0. The maximum atomic E-state index is 6.28. The van der Waals surface area contributed by atoms with Crippen LogP contribution in [0.2, 0.25) is 0 Å². The van der Waals surface area contributed by atoms with Crippen molar-refractivity contribution in [3.05, 3.63) is 136 Å². The molecule has 1 N–H and O–H groups in total. The molecule has 0 fully saturated rings. The number of allylic oxidation sites excluding steroid dienone is 1. The van der Waals surface area contributed by atoms with Crippen molar-refractivity contribution in [1.82, 2.24) is 4.98 Å². The van der Waals surface area contributed by atoms with Gasteiger partial charge in [-0.2, -0.15) is 0 Å². The standard InChI is InChI=1S/C40H29BNO/c1-21-18-28(22-12-8-14-26-36-24-11-5-7-17-33(24)43-39(36)42-38(22)26)37-29(19-21)27-20-31-34(25-13-9-16-32(41-37)35(25)27)23-10-4-6-15-30(23)40(31,2)3/h4-19,27,42H,20H2,1-3H3. The molecule has 1 radical (unpaired) electrons. The highest BCUT2D eigenvalue weighted by molar-refractivity contribution is 6.70. The lowest BCUT2D eigenvalue weighted by Gasteiger charge is -2.38. The van der Waals surface area contributed by atoms with E-state index in [-0.39, 0.29) is 5.41 Å². The lowest BCUT2D eigenvalue weighted by atomic mass is 9.50. The minimum Gasteiger partial charge on any atom is -0.440 e. The van der Waals surface area contributed by atoms with Crippen LogP contribution in [0.3, 0.4) is 0 Å². The predicted molar refractivity (Wildman–Crippen MR) is 179 cm³/mol. The first-order valence-corrected chi connectivity index (χ1v) is 15.4. The molecule has 1 atom stereocenters. The molecule has 0 saturated heterocycles. The Kier molecular flexibility index (Phi) is 4.42. The van der Waals surface area contributed by atoms with Crippen LogP contribution in [-0.2, 0) is 5.41 Å². The van der Waals surface area contributed by atoms with Crippen LogP contribution in [0.25, 0.3) is 49.7 Å². The van der Waals surface area contributed by atoms with Crippen molar-refractivity contribution in [3.63, 3.8) is 0 Å². The average molecular weight is 550 g/mol. The van der Waals surface area contributed by atoms with Crippen molar-refractivity contribution in [3.8, 4) is 11.1 Å². The Hall–Kier alpha value is -4.76. The van der Waals surface area contributed by atoms with Gasteiger partial charge in [0.2, 0.25) is 5.71 Å². The molecule has 7 aromatic rings. The summed E-state index contributed by atoms with van der Waals surface area (Å²) in [5.74, 6) is 0.334. The number of rotatable bonds is 1. The van der Waals surface area contributed by atoms with E-state index >= 15 is 0 Å². The van der Waals surface area contributed by atoms with Crippen LogP contribution < -0.4 is 10.9 Å². The number of para-hydroxylation sites is 2. The number of aromatic nitrogens is 1. The SMILES string of the molecule is Cc1cc(-c2cccc3c2[nH]c2oc4ccccc4c23)c2c(c1)C1CC3=C(c4ccccc4C3(C)C)c3cccc(c31)[B]2. The van der Waals surface area contributed by atoms with Crippen LogP contribution in [0.5, 0.6) is 0 Å². The number of H-pyrrole nitrogens is 1. The highest BCUT2D eigenvalue weighted by Gasteiger charge is 2.44. The highest BCUT2D eigenvalue weighted by atomic mass is 16.3. The van der Waals surface area contributed by atoms with Crippen LogP contribution in [0.15, 0.2) is 107 Å². The Morgan fingerprint density at radius 3 is 2.49 bits per heavy atom. The summed E-state index contributed by atoms with van der Waals surface area (Å²) in [5, 5.41) is 3.54. The number of hydrogen-bond donors (Lipinski definition) is 1. The van der Waals surface area contributed by atoms with E-state index in [1.165, 1.54) is 71.8 Å². The van der Waals surface area contributed by atoms with E-state index in [1.807, 2.05) is 12.1 Å². The minimum atomic E-state index is 0.0142. The van der Waals surface area contributed by atoms with Crippen LogP contribution in [0.4, 0.5) is 0 Å². The highest BCUT2D eigenvalue weighted by Crippen LogP contribution is 2.56. The molecule has 0 amide bonds. The second kappa shape index (κ2) is 7.99. The molecule has 3 heteroatoms. The summed E-state index contributed by atoms with van der Waals surface area (Å²) in [6, 6.07) is 35.9. The van der Waals surface area contributed by atoms with Crippen molar-refractivity contribution in [1.29, 1.82) is 0 Å². The molecule has 0 bridgehead atoms. The summed E-state index contributed by atoms with van der Waals surface area (Å²) in [6.07, 6.45) is 1.05. The average Bonchev–Trinajstić information content (AvgIpc) is 3.64. The zero-order chi connectivity index (χ0) is 28.6. The molecule has 3 aliphatic rings. The molecule has 1 unspecified atom stereocenters. The molecular weight excluding hydrogens is 521 g/mol. The van der Waals surface area contributed by atoms with Crippen molar-refractivity contribution in [2.75, 3.05) is 0 Å². The number of aryl methyl sites for hydroxylation is 1. The molecule has 43 heavy (non-hydrogen) atoms. The van der Waals surface area contributed by atoms with Crippen LogP contribution in [-0.4, -0.2) is 12.3 Å². The monoisotopic (exact) mass is 550 g/mol. The van der Waals surface area contributed by atoms with Crippen molar-refractivity contribution >= 4 is 56.8 Å². The molecule has 1 aliphatic heterocycles. The van der Waals surface area contributed by atoms with Crippen molar-refractivity contribution in [2.24, 2.45) is 0 Å². The smallest absolute Gasteiger partial charge is 0.206 e. The van der Waals surface area contributed by atoms with Gasteiger partial charge < -0.3 is 9.40 Å². The zero-order valence-electron chi connectivity index (χ0n) is 24.5. The number of aromatic amines is 1. The summed E-state index contributed by atoms with van der Waals surface area (Å²) in [5.41, 5.74) is 19.8. The quantitative estimate of drug-likeness (QED) is 0.204. The van der Waals surface area contributed by atoms with E-state index in [0.29, 0.717) is 5.92 Å². The molecule has 3 heterocycles. The van der Waals surface area contributed by atoms with E-state index in [9.17, 15) is 0 Å². The summed E-state index contributed by atoms with van der Waals surface area (Å²) < 4.78 is 6.28. The van der Waals surface area contributed by atoms with E-state index in [0.717, 1.165) is 28.6 Å². The number of hydrogen-bond acceptors (Lipinski definition) is 1. The van der Waals surface area contributed by atoms with Crippen molar-refractivity contribution < 1.29 is 4.42 Å². The Bertz CT molecular complexity index is 2400. The van der Waals surface area contributed by atoms with Gasteiger partial charge in [-0.25, -0.2) is 0 Å². The van der Waals surface area contributed by atoms with Crippen LogP contribution >= 0.6 is 0 Å².